The molecule has 8 nitrogen and oxygen atoms in total. The van der Waals surface area contributed by atoms with Gasteiger partial charge in [-0.15, -0.1) is 15.3 Å². The zero-order valence-electron chi connectivity index (χ0n) is 14.9. The molecule has 0 bridgehead atoms. The highest BCUT2D eigenvalue weighted by molar-refractivity contribution is 5.76. The third-order valence-electron chi connectivity index (χ3n) is 5.96. The smallest absolute Gasteiger partial charge is 0.222 e. The molecule has 5 heterocycles. The molecule has 1 spiro atoms. The Kier molecular flexibility index (Phi) is 3.81. The van der Waals surface area contributed by atoms with Crippen LogP contribution in [0.5, 0.6) is 0 Å². The van der Waals surface area contributed by atoms with Crippen molar-refractivity contribution in [2.24, 2.45) is 5.92 Å². The minimum absolute atomic E-state index is 0.0355. The predicted octanol–water partition coefficient (Wildman–Crippen LogP) is 1.12. The maximum absolute atomic E-state index is 12.0. The van der Waals surface area contributed by atoms with Crippen molar-refractivity contribution in [1.29, 1.82) is 0 Å². The van der Waals surface area contributed by atoms with Gasteiger partial charge < -0.3 is 14.5 Å². The van der Waals surface area contributed by atoms with Crippen molar-refractivity contribution in [1.82, 2.24) is 24.7 Å². The van der Waals surface area contributed by atoms with Gasteiger partial charge in [-0.2, -0.15) is 4.52 Å². The Morgan fingerprint density at radius 1 is 1.27 bits per heavy atom. The lowest BCUT2D eigenvalue weighted by Crippen LogP contribution is -2.65. The molecule has 3 aliphatic rings. The van der Waals surface area contributed by atoms with Crippen LogP contribution in [0.25, 0.3) is 5.65 Å². The number of nitrogens with zero attached hydrogens (tertiary/aromatic N) is 6. The molecule has 2 aromatic rings. The molecule has 0 aromatic carbocycles. The van der Waals surface area contributed by atoms with E-state index >= 15 is 0 Å². The number of likely N-dealkylation sites (tertiary alicyclic amines) is 1. The van der Waals surface area contributed by atoms with Crippen molar-refractivity contribution in [3.05, 3.63) is 18.5 Å². The third-order valence-corrected chi connectivity index (χ3v) is 5.96. The van der Waals surface area contributed by atoms with Gasteiger partial charge in [-0.1, -0.05) is 0 Å². The maximum atomic E-state index is 12.0. The van der Waals surface area contributed by atoms with Crippen LogP contribution in [0.15, 0.2) is 18.5 Å². The van der Waals surface area contributed by atoms with Gasteiger partial charge in [0.25, 0.3) is 0 Å². The quantitative estimate of drug-likeness (QED) is 0.820. The normalized spacial score (nSPS) is 25.7. The van der Waals surface area contributed by atoms with Crippen LogP contribution in [0.4, 0.5) is 5.82 Å². The summed E-state index contributed by atoms with van der Waals surface area (Å²) in [5.41, 5.74) is 0.722. The second-order valence-electron chi connectivity index (χ2n) is 7.88. The van der Waals surface area contributed by atoms with Crippen LogP contribution in [0.3, 0.4) is 0 Å². The van der Waals surface area contributed by atoms with Crippen LogP contribution in [0.2, 0.25) is 0 Å². The van der Waals surface area contributed by atoms with Gasteiger partial charge in [-0.25, -0.2) is 0 Å². The fourth-order valence-corrected chi connectivity index (χ4v) is 4.38. The number of aromatic nitrogens is 4. The van der Waals surface area contributed by atoms with Gasteiger partial charge in [0.2, 0.25) is 5.91 Å². The fraction of sp³-hybridized carbons (Fsp3) is 0.667. The van der Waals surface area contributed by atoms with Crippen molar-refractivity contribution >= 4 is 17.4 Å². The summed E-state index contributed by atoms with van der Waals surface area (Å²) in [6, 6.07) is 3.93. The molecule has 2 aromatic heterocycles. The topological polar surface area (TPSA) is 75.9 Å². The lowest BCUT2D eigenvalue weighted by molar-refractivity contribution is -0.139. The Morgan fingerprint density at radius 2 is 2.19 bits per heavy atom. The highest BCUT2D eigenvalue weighted by atomic mass is 16.5. The summed E-state index contributed by atoms with van der Waals surface area (Å²) in [5.74, 6) is 1.73. The standard InChI is InChI=1S/C18H24N6O2/c25-17-3-1-2-8-22(17)9-14-6-7-18(26-10-14)11-23(12-18)16-5-4-15-20-19-13-24(15)21-16/h4-5,13-14H,1-3,6-12H2/t14-/m0/s1. The average Bonchev–Trinajstić information content (AvgIpc) is 3.10. The van der Waals surface area contributed by atoms with E-state index in [4.69, 9.17) is 4.74 Å². The maximum Gasteiger partial charge on any atom is 0.222 e. The molecule has 5 rings (SSSR count). The monoisotopic (exact) mass is 356 g/mol. The SMILES string of the molecule is O=C1CCCCN1C[C@@H]1CCC2(CN(c3ccc4nncn4n3)C2)OC1. The van der Waals surface area contributed by atoms with Crippen LogP contribution in [-0.4, -0.2) is 69.0 Å². The minimum Gasteiger partial charge on any atom is -0.371 e. The summed E-state index contributed by atoms with van der Waals surface area (Å²) in [5, 5.41) is 12.4. The lowest BCUT2D eigenvalue weighted by Gasteiger charge is -2.53. The van der Waals surface area contributed by atoms with Gasteiger partial charge in [-0.3, -0.25) is 4.79 Å². The van der Waals surface area contributed by atoms with E-state index in [-0.39, 0.29) is 5.60 Å². The van der Waals surface area contributed by atoms with Crippen molar-refractivity contribution in [2.75, 3.05) is 37.7 Å². The number of fused-ring (bicyclic) bond motifs is 1. The first-order valence-corrected chi connectivity index (χ1v) is 9.55. The van der Waals surface area contributed by atoms with Crippen molar-refractivity contribution < 1.29 is 9.53 Å². The number of anilines is 1. The molecule has 0 saturated carbocycles. The summed E-state index contributed by atoms with van der Waals surface area (Å²) in [6.07, 6.45) is 6.72. The van der Waals surface area contributed by atoms with Crippen LogP contribution in [-0.2, 0) is 9.53 Å². The third kappa shape index (κ3) is 2.82. The molecule has 3 aliphatic heterocycles. The van der Waals surface area contributed by atoms with E-state index in [1.54, 1.807) is 10.8 Å². The van der Waals surface area contributed by atoms with Gasteiger partial charge in [0, 0.05) is 25.4 Å². The minimum atomic E-state index is -0.0355. The van der Waals surface area contributed by atoms with Gasteiger partial charge in [0.15, 0.2) is 5.65 Å². The molecular weight excluding hydrogens is 332 g/mol. The van der Waals surface area contributed by atoms with E-state index in [0.29, 0.717) is 11.8 Å². The first-order valence-electron chi connectivity index (χ1n) is 9.55. The Morgan fingerprint density at radius 3 is 3.00 bits per heavy atom. The second-order valence-corrected chi connectivity index (χ2v) is 7.88. The Labute approximate surface area is 152 Å². The molecule has 138 valence electrons. The summed E-state index contributed by atoms with van der Waals surface area (Å²) in [7, 11) is 0. The van der Waals surface area contributed by atoms with E-state index in [1.807, 2.05) is 17.0 Å². The molecule has 1 amide bonds. The largest absolute Gasteiger partial charge is 0.371 e. The zero-order valence-corrected chi connectivity index (χ0v) is 14.9. The van der Waals surface area contributed by atoms with E-state index in [2.05, 4.69) is 20.2 Å². The number of rotatable bonds is 3. The van der Waals surface area contributed by atoms with Crippen LogP contribution in [0.1, 0.15) is 32.1 Å². The predicted molar refractivity (Wildman–Crippen MR) is 94.8 cm³/mol. The van der Waals surface area contributed by atoms with Gasteiger partial charge in [0.05, 0.1) is 19.7 Å². The lowest BCUT2D eigenvalue weighted by atomic mass is 9.82. The molecule has 3 saturated heterocycles. The van der Waals surface area contributed by atoms with Gasteiger partial charge in [0.1, 0.15) is 17.7 Å². The number of piperidine rings is 1. The summed E-state index contributed by atoms with van der Waals surface area (Å²) >= 11 is 0. The Bertz CT molecular complexity index is 805. The first kappa shape index (κ1) is 16.0. The number of hydrogen-bond donors (Lipinski definition) is 0. The average molecular weight is 356 g/mol. The fourth-order valence-electron chi connectivity index (χ4n) is 4.38. The van der Waals surface area contributed by atoms with E-state index in [9.17, 15) is 4.79 Å². The molecule has 3 fully saturated rings. The first-order chi connectivity index (χ1) is 12.7. The molecule has 1 atom stereocenters. The summed E-state index contributed by atoms with van der Waals surface area (Å²) < 4.78 is 7.98. The molecule has 8 heteroatoms. The summed E-state index contributed by atoms with van der Waals surface area (Å²) in [6.45, 7) is 4.30. The van der Waals surface area contributed by atoms with Crippen LogP contribution >= 0.6 is 0 Å². The number of carbonyl (C=O) groups is 1. The molecule has 0 unspecified atom stereocenters. The van der Waals surface area contributed by atoms with E-state index in [0.717, 1.165) is 76.4 Å². The van der Waals surface area contributed by atoms with Crippen LogP contribution in [0, 0.1) is 5.92 Å². The number of carbonyl (C=O) groups excluding carboxylic acids is 1. The number of amides is 1. The summed E-state index contributed by atoms with van der Waals surface area (Å²) in [4.78, 5) is 16.3. The van der Waals surface area contributed by atoms with E-state index < -0.39 is 0 Å². The van der Waals surface area contributed by atoms with Gasteiger partial charge in [-0.05, 0) is 37.8 Å². The highest BCUT2D eigenvalue weighted by Gasteiger charge is 2.47. The molecule has 0 radical (unpaired) electrons. The van der Waals surface area contributed by atoms with Crippen molar-refractivity contribution in [2.45, 2.75) is 37.7 Å². The molecular formula is C18H24N6O2. The van der Waals surface area contributed by atoms with Crippen molar-refractivity contribution in [3.63, 3.8) is 0 Å². The van der Waals surface area contributed by atoms with Crippen LogP contribution < -0.4 is 4.90 Å². The van der Waals surface area contributed by atoms with Gasteiger partial charge >= 0.3 is 0 Å². The van der Waals surface area contributed by atoms with Crippen molar-refractivity contribution in [3.8, 4) is 0 Å². The number of hydrogen-bond acceptors (Lipinski definition) is 6. The van der Waals surface area contributed by atoms with E-state index in [1.165, 1.54) is 0 Å². The number of ether oxygens (including phenoxy) is 1. The second kappa shape index (κ2) is 6.19. The molecule has 26 heavy (non-hydrogen) atoms. The highest BCUT2D eigenvalue weighted by Crippen LogP contribution is 2.38. The molecule has 0 N–H and O–H groups in total. The Balaban J connectivity index is 1.16. The molecule has 0 aliphatic carbocycles. The zero-order chi connectivity index (χ0) is 17.6. The Hall–Kier alpha value is -2.22.